The van der Waals surface area contributed by atoms with Gasteiger partial charge in [0, 0.05) is 24.3 Å². The van der Waals surface area contributed by atoms with Crippen LogP contribution in [0.3, 0.4) is 0 Å². The topological polar surface area (TPSA) is 47.6 Å². The van der Waals surface area contributed by atoms with Crippen LogP contribution in [0, 0.1) is 0 Å². The Kier molecular flexibility index (Phi) is 46.3. The molecule has 0 radical (unpaired) electrons. The molecular weight excluding hydrogens is 723 g/mol. The number of thioether (sulfide) groups is 1. The molecule has 0 aliphatic carbocycles. The largest absolute Gasteiger partial charge is 0.397 e. The lowest BCUT2D eigenvalue weighted by atomic mass is 9.87. The van der Waals surface area contributed by atoms with Gasteiger partial charge in [-0.15, -0.1) is 0 Å². The molecule has 4 nitrogen and oxygen atoms in total. The second kappa shape index (κ2) is 46.2. The molecule has 1 N–H and O–H groups in total. The van der Waals surface area contributed by atoms with Crippen molar-refractivity contribution in [3.8, 4) is 0 Å². The molecule has 0 heterocycles. The molecule has 0 amide bonds. The van der Waals surface area contributed by atoms with Crippen LogP contribution in [0.1, 0.15) is 278 Å². The van der Waals surface area contributed by atoms with Crippen LogP contribution in [0.15, 0.2) is 0 Å². The van der Waals surface area contributed by atoms with Gasteiger partial charge in [0.05, 0.1) is 6.61 Å². The molecule has 0 aromatic rings. The second-order valence-corrected chi connectivity index (χ2v) is 20.9. The molecule has 56 heavy (non-hydrogen) atoms. The predicted octanol–water partition coefficient (Wildman–Crippen LogP) is 16.8. The Balaban J connectivity index is 4.61. The molecule has 0 aliphatic rings. The minimum Gasteiger partial charge on any atom is -0.397 e. The van der Waals surface area contributed by atoms with E-state index < -0.39 is 9.28 Å². The molecule has 0 rings (SSSR count). The molecule has 0 bridgehead atoms. The van der Waals surface area contributed by atoms with E-state index in [-0.39, 0.29) is 5.54 Å². The summed E-state index contributed by atoms with van der Waals surface area (Å²) in [7, 11) is 0.409. The van der Waals surface area contributed by atoms with Gasteiger partial charge in [-0.2, -0.15) is 0 Å². The fourth-order valence-electron chi connectivity index (χ4n) is 8.30. The van der Waals surface area contributed by atoms with Crippen molar-refractivity contribution in [2.75, 3.05) is 26.0 Å². The number of nitrogens with one attached hydrogen (secondary N) is 1. The Morgan fingerprint density at radius 1 is 0.464 bits per heavy atom. The first-order valence-electron chi connectivity index (χ1n) is 25.6. The highest BCUT2D eigenvalue weighted by molar-refractivity contribution is 8.13. The molecule has 0 saturated heterocycles. The summed E-state index contributed by atoms with van der Waals surface area (Å²) < 4.78 is 13.0. The van der Waals surface area contributed by atoms with E-state index in [1.807, 2.05) is 0 Å². The maximum Gasteiger partial charge on any atom is 0.321 e. The first kappa shape index (κ1) is 56.1. The lowest BCUT2D eigenvalue weighted by molar-refractivity contribution is -0.111. The van der Waals surface area contributed by atoms with E-state index in [4.69, 9.17) is 8.85 Å². The van der Waals surface area contributed by atoms with E-state index in [2.05, 4.69) is 40.1 Å². The summed E-state index contributed by atoms with van der Waals surface area (Å²) in [5.74, 6) is 0.908. The summed E-state index contributed by atoms with van der Waals surface area (Å²) in [6.07, 6.45) is 52.3. The molecule has 0 aromatic heterocycles. The predicted molar refractivity (Wildman–Crippen MR) is 256 cm³/mol. The standard InChI is InChI=1S/C50H103NO3SSi/c1-6-10-13-16-19-22-24-26-28-31-34-37-40-44-50(51-5,45-41-38-35-32-29-27-25-23-20-17-14-11-7-2)48-54-56(53-9-4)47-42-46-55-49(52)43-39-36-33-30-21-18-15-12-8-3/h51,56H,6-48H2,1-5H3. The number of carbonyl (C=O) groups excluding carboxylic acids is 1. The van der Waals surface area contributed by atoms with Gasteiger partial charge in [0.15, 0.2) is 5.12 Å². The van der Waals surface area contributed by atoms with Crippen LogP contribution in [0.2, 0.25) is 6.04 Å². The van der Waals surface area contributed by atoms with E-state index in [9.17, 15) is 4.79 Å². The van der Waals surface area contributed by atoms with Crippen LogP contribution in [0.4, 0.5) is 0 Å². The van der Waals surface area contributed by atoms with Crippen molar-refractivity contribution >= 4 is 26.2 Å². The van der Waals surface area contributed by atoms with Crippen molar-refractivity contribution < 1.29 is 13.6 Å². The number of hydrogen-bond donors (Lipinski definition) is 1. The SMILES string of the molecule is CCCCCCCCCCCCCCCC(CCCCCCCCCCCCCCC)(CO[SiH](CCCSC(=O)CCCCCCCCCCC)OCC)NC. The highest BCUT2D eigenvalue weighted by atomic mass is 32.2. The minimum atomic E-state index is -1.77. The number of likely N-dealkylation sites (N-methyl/N-ethyl adjacent to an activating group) is 1. The number of carbonyl (C=O) groups is 1. The smallest absolute Gasteiger partial charge is 0.321 e. The van der Waals surface area contributed by atoms with E-state index in [1.54, 1.807) is 11.8 Å². The fraction of sp³-hybridized carbons (Fsp3) is 0.980. The molecular formula is C50H103NO3SSi. The van der Waals surface area contributed by atoms with Crippen molar-refractivity contribution in [2.45, 2.75) is 290 Å². The number of unbranched alkanes of at least 4 members (excludes halogenated alkanes) is 32. The van der Waals surface area contributed by atoms with Crippen molar-refractivity contribution in [2.24, 2.45) is 0 Å². The molecule has 1 unspecified atom stereocenters. The Hall–Kier alpha value is 0.117. The maximum absolute atomic E-state index is 12.6. The second-order valence-electron chi connectivity index (χ2n) is 17.7. The van der Waals surface area contributed by atoms with Gasteiger partial charge in [-0.25, -0.2) is 0 Å². The maximum atomic E-state index is 12.6. The normalized spacial score (nSPS) is 12.5. The van der Waals surface area contributed by atoms with Gasteiger partial charge in [0.1, 0.15) is 0 Å². The van der Waals surface area contributed by atoms with Gasteiger partial charge in [0.25, 0.3) is 0 Å². The summed E-state index contributed by atoms with van der Waals surface area (Å²) in [5.41, 5.74) is 0.0537. The summed E-state index contributed by atoms with van der Waals surface area (Å²) >= 11 is 1.55. The van der Waals surface area contributed by atoms with E-state index in [0.717, 1.165) is 44.3 Å². The third-order valence-electron chi connectivity index (χ3n) is 12.3. The van der Waals surface area contributed by atoms with Crippen molar-refractivity contribution in [1.29, 1.82) is 0 Å². The van der Waals surface area contributed by atoms with Gasteiger partial charge < -0.3 is 14.2 Å². The van der Waals surface area contributed by atoms with Gasteiger partial charge >= 0.3 is 9.28 Å². The molecule has 336 valence electrons. The Morgan fingerprint density at radius 2 is 0.804 bits per heavy atom. The fourth-order valence-corrected chi connectivity index (χ4v) is 11.3. The van der Waals surface area contributed by atoms with Gasteiger partial charge in [-0.3, -0.25) is 4.79 Å². The molecule has 0 aromatic carbocycles. The van der Waals surface area contributed by atoms with Crippen molar-refractivity contribution in [3.05, 3.63) is 0 Å². The average molecular weight is 827 g/mol. The van der Waals surface area contributed by atoms with E-state index in [1.165, 1.54) is 231 Å². The zero-order valence-corrected chi connectivity index (χ0v) is 41.1. The number of rotatable bonds is 48. The third kappa shape index (κ3) is 39.6. The monoisotopic (exact) mass is 826 g/mol. The highest BCUT2D eigenvalue weighted by Gasteiger charge is 2.29. The van der Waals surface area contributed by atoms with Gasteiger partial charge in [-0.1, -0.05) is 251 Å². The molecule has 0 aliphatic heterocycles. The Bertz CT molecular complexity index is 741. The first-order chi connectivity index (χ1) is 27.6. The lowest BCUT2D eigenvalue weighted by Gasteiger charge is -2.35. The Morgan fingerprint density at radius 3 is 1.14 bits per heavy atom. The van der Waals surface area contributed by atoms with E-state index >= 15 is 0 Å². The van der Waals surface area contributed by atoms with Crippen LogP contribution in [0.5, 0.6) is 0 Å². The third-order valence-corrected chi connectivity index (χ3v) is 15.4. The summed E-state index contributed by atoms with van der Waals surface area (Å²) in [5, 5.41) is 4.20. The number of hydrogen-bond acceptors (Lipinski definition) is 5. The Labute approximate surface area is 359 Å². The first-order valence-corrected chi connectivity index (χ1v) is 28.4. The molecule has 0 saturated carbocycles. The molecule has 0 spiro atoms. The zero-order chi connectivity index (χ0) is 40.9. The van der Waals surface area contributed by atoms with Crippen molar-refractivity contribution in [3.63, 3.8) is 0 Å². The van der Waals surface area contributed by atoms with Crippen LogP contribution >= 0.6 is 11.8 Å². The molecule has 6 heteroatoms. The van der Waals surface area contributed by atoms with Crippen LogP contribution in [0.25, 0.3) is 0 Å². The summed E-state index contributed by atoms with van der Waals surface area (Å²) in [4.78, 5) is 12.6. The van der Waals surface area contributed by atoms with Crippen LogP contribution in [-0.4, -0.2) is 46.0 Å². The highest BCUT2D eigenvalue weighted by Crippen LogP contribution is 2.26. The minimum absolute atomic E-state index is 0.0537. The lowest BCUT2D eigenvalue weighted by Crippen LogP contribution is -2.49. The molecule has 1 atom stereocenters. The van der Waals surface area contributed by atoms with Crippen LogP contribution in [-0.2, 0) is 13.6 Å². The zero-order valence-electron chi connectivity index (χ0n) is 39.1. The van der Waals surface area contributed by atoms with Gasteiger partial charge in [-0.05, 0) is 45.7 Å². The summed E-state index contributed by atoms with van der Waals surface area (Å²) in [6.45, 7) is 10.5. The van der Waals surface area contributed by atoms with Crippen LogP contribution < -0.4 is 5.32 Å². The van der Waals surface area contributed by atoms with Crippen molar-refractivity contribution in [1.82, 2.24) is 5.32 Å². The quantitative estimate of drug-likeness (QED) is 0.0489. The van der Waals surface area contributed by atoms with Gasteiger partial charge in [0.2, 0.25) is 0 Å². The average Bonchev–Trinajstić information content (AvgIpc) is 3.21. The molecule has 0 fully saturated rings. The summed E-state index contributed by atoms with van der Waals surface area (Å²) in [6, 6.07) is 1.00. The van der Waals surface area contributed by atoms with E-state index in [0.29, 0.717) is 5.12 Å².